The maximum Gasteiger partial charge on any atom is 0.410 e. The van der Waals surface area contributed by atoms with Crippen LogP contribution < -0.4 is 4.90 Å². The number of ether oxygens (including phenoxy) is 1. The summed E-state index contributed by atoms with van der Waals surface area (Å²) < 4.78 is 5.40. The Morgan fingerprint density at radius 3 is 2.23 bits per heavy atom. The summed E-state index contributed by atoms with van der Waals surface area (Å²) in [6.45, 7) is 12.2. The third-order valence-corrected chi connectivity index (χ3v) is 4.03. The van der Waals surface area contributed by atoms with Gasteiger partial charge in [0.2, 0.25) is 0 Å². The van der Waals surface area contributed by atoms with Gasteiger partial charge in [0.1, 0.15) is 5.60 Å². The molecular weight excluding hydrogens is 304 g/mol. The fourth-order valence-corrected chi connectivity index (χ4v) is 2.47. The van der Waals surface area contributed by atoms with E-state index in [1.165, 1.54) is 0 Å². The SMILES string of the molecule is Cc1c(Cl)nnc(N2CCN(C(=O)OC(C)(C)C)CC2)c1C. The highest BCUT2D eigenvalue weighted by atomic mass is 35.5. The van der Waals surface area contributed by atoms with Crippen LogP contribution in [0, 0.1) is 13.8 Å². The first-order valence-electron chi connectivity index (χ1n) is 7.41. The molecule has 0 bridgehead atoms. The first-order valence-corrected chi connectivity index (χ1v) is 7.79. The van der Waals surface area contributed by atoms with E-state index in [4.69, 9.17) is 16.3 Å². The highest BCUT2D eigenvalue weighted by Crippen LogP contribution is 2.24. The van der Waals surface area contributed by atoms with E-state index in [2.05, 4.69) is 15.1 Å². The van der Waals surface area contributed by atoms with Gasteiger partial charge >= 0.3 is 6.09 Å². The average molecular weight is 327 g/mol. The molecule has 22 heavy (non-hydrogen) atoms. The zero-order valence-electron chi connectivity index (χ0n) is 13.8. The predicted molar refractivity (Wildman–Crippen MR) is 86.5 cm³/mol. The van der Waals surface area contributed by atoms with Gasteiger partial charge in [-0.1, -0.05) is 11.6 Å². The Bertz CT molecular complexity index is 563. The second-order valence-electron chi connectivity index (χ2n) is 6.52. The van der Waals surface area contributed by atoms with Crippen LogP contribution in [0.1, 0.15) is 31.9 Å². The molecule has 6 nitrogen and oxygen atoms in total. The van der Waals surface area contributed by atoms with Gasteiger partial charge in [0.05, 0.1) is 0 Å². The van der Waals surface area contributed by atoms with Gasteiger partial charge in [0.15, 0.2) is 11.0 Å². The molecule has 0 aliphatic carbocycles. The van der Waals surface area contributed by atoms with Crippen LogP contribution in [-0.4, -0.2) is 53.0 Å². The highest BCUT2D eigenvalue weighted by molar-refractivity contribution is 6.30. The number of rotatable bonds is 1. The van der Waals surface area contributed by atoms with Crippen LogP contribution in [0.15, 0.2) is 0 Å². The molecule has 1 aromatic rings. The zero-order valence-corrected chi connectivity index (χ0v) is 14.6. The van der Waals surface area contributed by atoms with Crippen molar-refractivity contribution in [3.8, 4) is 0 Å². The second kappa shape index (κ2) is 6.28. The largest absolute Gasteiger partial charge is 0.444 e. The van der Waals surface area contributed by atoms with Crippen LogP contribution in [0.25, 0.3) is 0 Å². The van der Waals surface area contributed by atoms with Crippen molar-refractivity contribution in [2.24, 2.45) is 0 Å². The fourth-order valence-electron chi connectivity index (χ4n) is 2.29. The Labute approximate surface area is 136 Å². The lowest BCUT2D eigenvalue weighted by Crippen LogP contribution is -2.50. The second-order valence-corrected chi connectivity index (χ2v) is 6.88. The molecule has 0 aromatic carbocycles. The summed E-state index contributed by atoms with van der Waals surface area (Å²) in [7, 11) is 0. The lowest BCUT2D eigenvalue weighted by atomic mass is 10.2. The number of carbonyl (C=O) groups excluding carboxylic acids is 1. The molecule has 2 rings (SSSR count). The van der Waals surface area contributed by atoms with Crippen LogP contribution in [0.3, 0.4) is 0 Å². The van der Waals surface area contributed by atoms with E-state index < -0.39 is 5.60 Å². The molecule has 1 amide bonds. The van der Waals surface area contributed by atoms with Gasteiger partial charge in [-0.2, -0.15) is 0 Å². The van der Waals surface area contributed by atoms with Gasteiger partial charge in [0.25, 0.3) is 0 Å². The number of anilines is 1. The number of hydrogen-bond acceptors (Lipinski definition) is 5. The lowest BCUT2D eigenvalue weighted by Gasteiger charge is -2.36. The normalized spacial score (nSPS) is 15.9. The van der Waals surface area contributed by atoms with Crippen LogP contribution >= 0.6 is 11.6 Å². The molecule has 1 aliphatic heterocycles. The number of piperazine rings is 1. The summed E-state index contributed by atoms with van der Waals surface area (Å²) in [6.07, 6.45) is -0.262. The zero-order chi connectivity index (χ0) is 16.5. The van der Waals surface area contributed by atoms with Crippen molar-refractivity contribution in [2.75, 3.05) is 31.1 Å². The number of nitrogens with zero attached hydrogens (tertiary/aromatic N) is 4. The number of amides is 1. The molecule has 122 valence electrons. The first-order chi connectivity index (χ1) is 10.2. The van der Waals surface area contributed by atoms with Crippen molar-refractivity contribution in [1.82, 2.24) is 15.1 Å². The van der Waals surface area contributed by atoms with E-state index in [1.807, 2.05) is 34.6 Å². The van der Waals surface area contributed by atoms with Crippen molar-refractivity contribution >= 4 is 23.5 Å². The number of halogens is 1. The summed E-state index contributed by atoms with van der Waals surface area (Å²) in [5.74, 6) is 0.839. The molecule has 1 fully saturated rings. The van der Waals surface area contributed by atoms with E-state index in [0.29, 0.717) is 31.3 Å². The van der Waals surface area contributed by atoms with Crippen molar-refractivity contribution in [1.29, 1.82) is 0 Å². The Morgan fingerprint density at radius 1 is 1.09 bits per heavy atom. The molecule has 0 unspecified atom stereocenters. The van der Waals surface area contributed by atoms with Gasteiger partial charge in [-0.05, 0) is 45.7 Å². The molecule has 0 radical (unpaired) electrons. The average Bonchev–Trinajstić information content (AvgIpc) is 2.43. The molecule has 7 heteroatoms. The van der Waals surface area contributed by atoms with Crippen molar-refractivity contribution in [2.45, 2.75) is 40.2 Å². The summed E-state index contributed by atoms with van der Waals surface area (Å²) in [4.78, 5) is 15.9. The molecule has 1 aromatic heterocycles. The third-order valence-electron chi connectivity index (χ3n) is 3.67. The smallest absolute Gasteiger partial charge is 0.410 e. The Hall–Kier alpha value is -1.56. The standard InChI is InChI=1S/C15H23ClN4O2/c1-10-11(2)13(18-17-12(10)16)19-6-8-20(9-7-19)14(21)22-15(3,4)5/h6-9H2,1-5H3. The first kappa shape index (κ1) is 16.8. The van der Waals surface area contributed by atoms with Crippen LogP contribution in [0.4, 0.5) is 10.6 Å². The maximum absolute atomic E-state index is 12.1. The van der Waals surface area contributed by atoms with E-state index in [0.717, 1.165) is 16.9 Å². The van der Waals surface area contributed by atoms with Crippen molar-refractivity contribution in [3.05, 3.63) is 16.3 Å². The number of hydrogen-bond donors (Lipinski definition) is 0. The van der Waals surface area contributed by atoms with E-state index >= 15 is 0 Å². The third kappa shape index (κ3) is 3.80. The Morgan fingerprint density at radius 2 is 1.68 bits per heavy atom. The van der Waals surface area contributed by atoms with E-state index in [-0.39, 0.29) is 6.09 Å². The summed E-state index contributed by atoms with van der Waals surface area (Å²) in [6, 6.07) is 0. The van der Waals surface area contributed by atoms with Crippen LogP contribution in [-0.2, 0) is 4.74 Å². The Balaban J connectivity index is 2.01. The number of aromatic nitrogens is 2. The Kier molecular flexibility index (Phi) is 4.80. The quantitative estimate of drug-likeness (QED) is 0.794. The van der Waals surface area contributed by atoms with Crippen molar-refractivity contribution < 1.29 is 9.53 Å². The van der Waals surface area contributed by atoms with Crippen LogP contribution in [0.2, 0.25) is 5.15 Å². The molecule has 1 aliphatic rings. The minimum absolute atomic E-state index is 0.262. The fraction of sp³-hybridized carbons (Fsp3) is 0.667. The molecular formula is C15H23ClN4O2. The van der Waals surface area contributed by atoms with Gasteiger partial charge in [-0.25, -0.2) is 4.79 Å². The minimum Gasteiger partial charge on any atom is -0.444 e. The van der Waals surface area contributed by atoms with Gasteiger partial charge < -0.3 is 14.5 Å². The number of carbonyl (C=O) groups is 1. The summed E-state index contributed by atoms with van der Waals surface area (Å²) in [5, 5.41) is 8.63. The summed E-state index contributed by atoms with van der Waals surface area (Å²) in [5.41, 5.74) is 1.51. The van der Waals surface area contributed by atoms with E-state index in [1.54, 1.807) is 4.90 Å². The topological polar surface area (TPSA) is 58.6 Å². The maximum atomic E-state index is 12.1. The van der Waals surface area contributed by atoms with E-state index in [9.17, 15) is 4.79 Å². The molecule has 1 saturated heterocycles. The molecule has 0 saturated carbocycles. The lowest BCUT2D eigenvalue weighted by molar-refractivity contribution is 0.0240. The molecule has 0 atom stereocenters. The van der Waals surface area contributed by atoms with Crippen molar-refractivity contribution in [3.63, 3.8) is 0 Å². The predicted octanol–water partition coefficient (Wildman–Crippen LogP) is 2.80. The minimum atomic E-state index is -0.469. The van der Waals surface area contributed by atoms with Gasteiger partial charge in [-0.15, -0.1) is 10.2 Å². The van der Waals surface area contributed by atoms with Gasteiger partial charge in [0, 0.05) is 26.2 Å². The molecule has 0 spiro atoms. The monoisotopic (exact) mass is 326 g/mol. The highest BCUT2D eigenvalue weighted by Gasteiger charge is 2.27. The summed E-state index contributed by atoms with van der Waals surface area (Å²) >= 11 is 5.99. The van der Waals surface area contributed by atoms with Gasteiger partial charge in [-0.3, -0.25) is 0 Å². The molecule has 0 N–H and O–H groups in total. The molecule has 2 heterocycles. The van der Waals surface area contributed by atoms with Crippen LogP contribution in [0.5, 0.6) is 0 Å².